The topological polar surface area (TPSA) is 39.7 Å². The molecule has 2 unspecified atom stereocenters. The molecule has 112 valence electrons. The molecule has 1 saturated heterocycles. The molecule has 2 atom stereocenters. The minimum atomic E-state index is 0.468. The molecule has 4 nitrogen and oxygen atoms in total. The Morgan fingerprint density at radius 1 is 1.21 bits per heavy atom. The Hall–Kier alpha value is -0.770. The molecule has 1 fully saturated rings. The van der Waals surface area contributed by atoms with Crippen molar-refractivity contribution in [3.8, 4) is 0 Å². The van der Waals surface area contributed by atoms with Gasteiger partial charge in [0.15, 0.2) is 5.96 Å². The Labute approximate surface area is 119 Å². The van der Waals surface area contributed by atoms with Crippen LogP contribution >= 0.6 is 0 Å². The second kappa shape index (κ2) is 8.41. The summed E-state index contributed by atoms with van der Waals surface area (Å²) >= 11 is 0. The van der Waals surface area contributed by atoms with E-state index in [1.807, 2.05) is 7.05 Å². The average Bonchev–Trinajstić information content (AvgIpc) is 2.90. The molecule has 0 radical (unpaired) electrons. The zero-order valence-electron chi connectivity index (χ0n) is 13.4. The van der Waals surface area contributed by atoms with Crippen LogP contribution in [0.1, 0.15) is 47.0 Å². The molecule has 1 rings (SSSR count). The molecule has 0 saturated carbocycles. The van der Waals surface area contributed by atoms with Gasteiger partial charge in [-0.15, -0.1) is 0 Å². The lowest BCUT2D eigenvalue weighted by Crippen LogP contribution is -2.50. The maximum Gasteiger partial charge on any atom is 0.191 e. The quantitative estimate of drug-likeness (QED) is 0.572. The fourth-order valence-electron chi connectivity index (χ4n) is 2.59. The van der Waals surface area contributed by atoms with Gasteiger partial charge in [-0.2, -0.15) is 0 Å². The van der Waals surface area contributed by atoms with Gasteiger partial charge in [0.25, 0.3) is 0 Å². The van der Waals surface area contributed by atoms with Crippen molar-refractivity contribution < 1.29 is 0 Å². The summed E-state index contributed by atoms with van der Waals surface area (Å²) in [6, 6.07) is 1.08. The summed E-state index contributed by atoms with van der Waals surface area (Å²) in [7, 11) is 1.85. The smallest absolute Gasteiger partial charge is 0.191 e. The summed E-state index contributed by atoms with van der Waals surface area (Å²) in [6.45, 7) is 12.5. The molecular formula is C15H32N4. The van der Waals surface area contributed by atoms with Gasteiger partial charge >= 0.3 is 0 Å². The highest BCUT2D eigenvalue weighted by Crippen LogP contribution is 2.17. The molecule has 0 bridgehead atoms. The molecule has 19 heavy (non-hydrogen) atoms. The third kappa shape index (κ3) is 5.39. The van der Waals surface area contributed by atoms with Crippen molar-refractivity contribution in [3.05, 3.63) is 0 Å². The van der Waals surface area contributed by atoms with Crippen molar-refractivity contribution in [2.24, 2.45) is 10.9 Å². The predicted molar refractivity (Wildman–Crippen MR) is 83.7 cm³/mol. The maximum atomic E-state index is 4.31. The van der Waals surface area contributed by atoms with Gasteiger partial charge in [-0.05, 0) is 45.2 Å². The van der Waals surface area contributed by atoms with Crippen LogP contribution in [-0.4, -0.2) is 49.6 Å². The van der Waals surface area contributed by atoms with E-state index < -0.39 is 0 Å². The number of rotatable bonds is 6. The Balaban J connectivity index is 2.45. The van der Waals surface area contributed by atoms with Gasteiger partial charge < -0.3 is 10.6 Å². The highest BCUT2D eigenvalue weighted by molar-refractivity contribution is 5.79. The van der Waals surface area contributed by atoms with Gasteiger partial charge in [0.1, 0.15) is 0 Å². The van der Waals surface area contributed by atoms with Crippen molar-refractivity contribution >= 4 is 5.96 Å². The second-order valence-electron chi connectivity index (χ2n) is 5.96. The third-order valence-corrected chi connectivity index (χ3v) is 4.08. The number of likely N-dealkylation sites (tertiary alicyclic amines) is 1. The standard InChI is InChI=1S/C15H32N4/c1-6-13(4)18-15(16-5)17-11-14(12(2)3)19-9-7-8-10-19/h12-14H,6-11H2,1-5H3,(H2,16,17,18). The van der Waals surface area contributed by atoms with Crippen molar-refractivity contribution in [3.63, 3.8) is 0 Å². The van der Waals surface area contributed by atoms with E-state index in [1.165, 1.54) is 25.9 Å². The van der Waals surface area contributed by atoms with Gasteiger partial charge in [-0.25, -0.2) is 0 Å². The monoisotopic (exact) mass is 268 g/mol. The third-order valence-electron chi connectivity index (χ3n) is 4.08. The van der Waals surface area contributed by atoms with E-state index in [-0.39, 0.29) is 0 Å². The fraction of sp³-hybridized carbons (Fsp3) is 0.933. The Morgan fingerprint density at radius 2 is 1.84 bits per heavy atom. The molecule has 0 aromatic carbocycles. The van der Waals surface area contributed by atoms with E-state index in [2.05, 4.69) is 48.2 Å². The van der Waals surface area contributed by atoms with E-state index in [0.717, 1.165) is 18.9 Å². The largest absolute Gasteiger partial charge is 0.355 e. The highest BCUT2D eigenvalue weighted by atomic mass is 15.2. The lowest BCUT2D eigenvalue weighted by atomic mass is 10.0. The van der Waals surface area contributed by atoms with Crippen molar-refractivity contribution in [1.82, 2.24) is 15.5 Å². The normalized spacial score (nSPS) is 20.6. The first kappa shape index (κ1) is 16.3. The van der Waals surface area contributed by atoms with Crippen LogP contribution in [0.15, 0.2) is 4.99 Å². The molecule has 0 aromatic heterocycles. The zero-order chi connectivity index (χ0) is 14.3. The second-order valence-corrected chi connectivity index (χ2v) is 5.96. The van der Waals surface area contributed by atoms with Crippen molar-refractivity contribution in [1.29, 1.82) is 0 Å². The lowest BCUT2D eigenvalue weighted by molar-refractivity contribution is 0.192. The summed E-state index contributed by atoms with van der Waals surface area (Å²) in [5.74, 6) is 1.60. The van der Waals surface area contributed by atoms with Crippen molar-refractivity contribution in [2.75, 3.05) is 26.7 Å². The molecule has 1 aliphatic heterocycles. The molecule has 2 N–H and O–H groups in total. The van der Waals surface area contributed by atoms with Gasteiger partial charge in [-0.1, -0.05) is 20.8 Å². The minimum Gasteiger partial charge on any atom is -0.355 e. The Kier molecular flexibility index (Phi) is 7.21. The van der Waals surface area contributed by atoms with Gasteiger partial charge in [0, 0.05) is 25.7 Å². The van der Waals surface area contributed by atoms with Crippen LogP contribution in [0.2, 0.25) is 0 Å². The molecular weight excluding hydrogens is 236 g/mol. The fourth-order valence-corrected chi connectivity index (χ4v) is 2.59. The van der Waals surface area contributed by atoms with Crippen LogP contribution in [0, 0.1) is 5.92 Å². The van der Waals surface area contributed by atoms with Crippen LogP contribution in [0.25, 0.3) is 0 Å². The number of guanidine groups is 1. The molecule has 0 spiro atoms. The van der Waals surface area contributed by atoms with E-state index in [4.69, 9.17) is 0 Å². The van der Waals surface area contributed by atoms with Crippen LogP contribution in [0.3, 0.4) is 0 Å². The molecule has 0 aliphatic carbocycles. The lowest BCUT2D eigenvalue weighted by Gasteiger charge is -2.31. The molecule has 0 amide bonds. The van der Waals surface area contributed by atoms with Gasteiger partial charge in [0.2, 0.25) is 0 Å². The van der Waals surface area contributed by atoms with Gasteiger partial charge in [-0.3, -0.25) is 9.89 Å². The number of nitrogens with one attached hydrogen (secondary N) is 2. The first-order valence-corrected chi connectivity index (χ1v) is 7.79. The van der Waals surface area contributed by atoms with Crippen LogP contribution < -0.4 is 10.6 Å². The SMILES string of the molecule is CCC(C)NC(=NC)NCC(C(C)C)N1CCCC1. The van der Waals surface area contributed by atoms with Crippen LogP contribution in [0.4, 0.5) is 0 Å². The highest BCUT2D eigenvalue weighted by Gasteiger charge is 2.24. The summed E-state index contributed by atoms with van der Waals surface area (Å²) in [5.41, 5.74) is 0. The number of hydrogen-bond donors (Lipinski definition) is 2. The maximum absolute atomic E-state index is 4.31. The van der Waals surface area contributed by atoms with Crippen LogP contribution in [-0.2, 0) is 0 Å². The molecule has 1 heterocycles. The average molecular weight is 268 g/mol. The Bertz CT molecular complexity index is 269. The zero-order valence-corrected chi connectivity index (χ0v) is 13.4. The molecule has 4 heteroatoms. The summed E-state index contributed by atoms with van der Waals surface area (Å²) in [5, 5.41) is 6.91. The summed E-state index contributed by atoms with van der Waals surface area (Å²) < 4.78 is 0. The van der Waals surface area contributed by atoms with Crippen molar-refractivity contribution in [2.45, 2.75) is 59.0 Å². The summed E-state index contributed by atoms with van der Waals surface area (Å²) in [4.78, 5) is 6.93. The van der Waals surface area contributed by atoms with Crippen LogP contribution in [0.5, 0.6) is 0 Å². The predicted octanol–water partition coefficient (Wildman–Crippen LogP) is 2.07. The first-order chi connectivity index (χ1) is 9.08. The Morgan fingerprint density at radius 3 is 2.32 bits per heavy atom. The number of hydrogen-bond acceptors (Lipinski definition) is 2. The first-order valence-electron chi connectivity index (χ1n) is 7.79. The number of nitrogens with zero attached hydrogens (tertiary/aromatic N) is 2. The molecule has 0 aromatic rings. The van der Waals surface area contributed by atoms with E-state index in [0.29, 0.717) is 18.0 Å². The summed E-state index contributed by atoms with van der Waals surface area (Å²) in [6.07, 6.45) is 3.81. The molecule has 1 aliphatic rings. The van der Waals surface area contributed by atoms with E-state index >= 15 is 0 Å². The number of aliphatic imine (C=N–C) groups is 1. The van der Waals surface area contributed by atoms with E-state index in [9.17, 15) is 0 Å². The van der Waals surface area contributed by atoms with E-state index in [1.54, 1.807) is 0 Å². The van der Waals surface area contributed by atoms with Gasteiger partial charge in [0.05, 0.1) is 0 Å². The minimum absolute atomic E-state index is 0.468.